The fourth-order valence-electron chi connectivity index (χ4n) is 5.35. The summed E-state index contributed by atoms with van der Waals surface area (Å²) >= 11 is 0. The molecule has 3 atom stereocenters. The highest BCUT2D eigenvalue weighted by Gasteiger charge is 2.63. The Morgan fingerprint density at radius 3 is 2.44 bits per heavy atom. The Morgan fingerprint density at radius 2 is 1.72 bits per heavy atom. The molecule has 9 nitrogen and oxygen atoms in total. The molecule has 180 valence electrons. The van der Waals surface area contributed by atoms with Crippen LogP contribution in [-0.4, -0.2) is 24.6 Å². The number of hydrogen-bond donors (Lipinski definition) is 0. The lowest BCUT2D eigenvalue weighted by molar-refractivity contribution is -0.384. The summed E-state index contributed by atoms with van der Waals surface area (Å²) in [6, 6.07) is 20.0. The number of rotatable bonds is 3. The van der Waals surface area contributed by atoms with E-state index in [0.717, 1.165) is 0 Å². The highest BCUT2D eigenvalue weighted by atomic mass is 16.6. The Morgan fingerprint density at radius 1 is 1.03 bits per heavy atom. The first kappa shape index (κ1) is 21.8. The molecule has 3 aromatic carbocycles. The van der Waals surface area contributed by atoms with Crippen molar-refractivity contribution in [2.24, 2.45) is 5.41 Å². The molecule has 0 fully saturated rings. The Kier molecular flexibility index (Phi) is 4.82. The standard InChI is InChI=1S/C27H19NO8/c1-33-26(30)27-14-34-20-9-5-4-8-19(20)21(27)23-22(17-6-2-3-7-18(17)25(29)36-23)35-24(27)15-10-12-16(13-11-15)28(31)32/h2-13,21,24H,14H2,1H3/t21-,24-,27+/m1/s1. The molecule has 4 aromatic rings. The zero-order chi connectivity index (χ0) is 25.0. The van der Waals surface area contributed by atoms with Crippen LogP contribution in [0.3, 0.4) is 0 Å². The Labute approximate surface area is 204 Å². The molecule has 0 saturated carbocycles. The van der Waals surface area contributed by atoms with Gasteiger partial charge in [0.1, 0.15) is 18.5 Å². The van der Waals surface area contributed by atoms with Gasteiger partial charge in [-0.3, -0.25) is 14.9 Å². The molecule has 2 aliphatic heterocycles. The number of nitrogens with zero attached hydrogens (tertiary/aromatic N) is 1. The van der Waals surface area contributed by atoms with Crippen LogP contribution in [0.4, 0.5) is 5.69 Å². The van der Waals surface area contributed by atoms with Crippen molar-refractivity contribution in [1.29, 1.82) is 0 Å². The summed E-state index contributed by atoms with van der Waals surface area (Å²) in [6.07, 6.45) is -0.965. The smallest absolute Gasteiger partial charge is 0.344 e. The first-order valence-electron chi connectivity index (χ1n) is 11.2. The largest absolute Gasteiger partial charge is 0.492 e. The lowest BCUT2D eigenvalue weighted by atomic mass is 9.63. The molecule has 0 radical (unpaired) electrons. The number of nitro groups is 1. The molecular formula is C27H19NO8. The minimum atomic E-state index is -1.48. The van der Waals surface area contributed by atoms with Gasteiger partial charge in [-0.25, -0.2) is 4.79 Å². The van der Waals surface area contributed by atoms with Gasteiger partial charge in [-0.1, -0.05) is 36.4 Å². The third kappa shape index (κ3) is 2.95. The number of fused-ring (bicyclic) bond motifs is 7. The first-order valence-corrected chi connectivity index (χ1v) is 11.2. The summed E-state index contributed by atoms with van der Waals surface area (Å²) < 4.78 is 23.7. The van der Waals surface area contributed by atoms with Crippen molar-refractivity contribution in [1.82, 2.24) is 0 Å². The van der Waals surface area contributed by atoms with Gasteiger partial charge >= 0.3 is 11.6 Å². The highest BCUT2D eigenvalue weighted by Crippen LogP contribution is 2.61. The normalized spacial score (nSPS) is 21.8. The van der Waals surface area contributed by atoms with Crippen LogP contribution in [0, 0.1) is 15.5 Å². The molecule has 0 bridgehead atoms. The van der Waals surface area contributed by atoms with Crippen LogP contribution in [0.5, 0.6) is 11.5 Å². The van der Waals surface area contributed by atoms with Crippen LogP contribution in [-0.2, 0) is 9.53 Å². The Hall–Kier alpha value is -4.66. The fourth-order valence-corrected chi connectivity index (χ4v) is 5.35. The van der Waals surface area contributed by atoms with E-state index >= 15 is 0 Å². The van der Waals surface area contributed by atoms with Crippen LogP contribution in [0.25, 0.3) is 10.8 Å². The average molecular weight is 485 g/mol. The minimum Gasteiger partial charge on any atom is -0.492 e. The fraction of sp³-hybridized carbons (Fsp3) is 0.185. The van der Waals surface area contributed by atoms with Gasteiger partial charge in [0.25, 0.3) is 5.69 Å². The van der Waals surface area contributed by atoms with Crippen molar-refractivity contribution in [3.05, 3.63) is 110 Å². The number of methoxy groups -OCH3 is 1. The van der Waals surface area contributed by atoms with E-state index in [0.29, 0.717) is 33.4 Å². The van der Waals surface area contributed by atoms with Crippen molar-refractivity contribution < 1.29 is 28.3 Å². The molecule has 0 aliphatic carbocycles. The van der Waals surface area contributed by atoms with E-state index in [4.69, 9.17) is 18.6 Å². The van der Waals surface area contributed by atoms with Gasteiger partial charge in [0.05, 0.1) is 23.3 Å². The van der Waals surface area contributed by atoms with E-state index in [2.05, 4.69) is 0 Å². The van der Waals surface area contributed by atoms with Gasteiger partial charge in [-0.15, -0.1) is 0 Å². The van der Waals surface area contributed by atoms with Gasteiger partial charge in [0.2, 0.25) is 0 Å². The third-order valence-electron chi connectivity index (χ3n) is 6.97. The molecule has 3 heterocycles. The molecule has 0 saturated heterocycles. The molecule has 2 aliphatic rings. The third-order valence-corrected chi connectivity index (χ3v) is 6.97. The topological polar surface area (TPSA) is 118 Å². The number of para-hydroxylation sites is 1. The second-order valence-corrected chi connectivity index (χ2v) is 8.77. The molecule has 0 N–H and O–H groups in total. The SMILES string of the molecule is COC(=O)[C@@]12COc3ccccc3[C@@H]1c1oc(=O)c3ccccc3c1O[C@@H]2c1ccc([N+](=O)[O-])cc1. The van der Waals surface area contributed by atoms with E-state index in [1.54, 1.807) is 42.5 Å². The number of non-ortho nitro benzene ring substituents is 1. The maximum absolute atomic E-state index is 13.6. The first-order chi connectivity index (χ1) is 17.5. The maximum Gasteiger partial charge on any atom is 0.344 e. The van der Waals surface area contributed by atoms with Crippen molar-refractivity contribution in [2.75, 3.05) is 13.7 Å². The lowest BCUT2D eigenvalue weighted by Crippen LogP contribution is -2.54. The van der Waals surface area contributed by atoms with Crippen molar-refractivity contribution >= 4 is 22.4 Å². The predicted molar refractivity (Wildman–Crippen MR) is 127 cm³/mol. The second-order valence-electron chi connectivity index (χ2n) is 8.77. The number of hydrogen-bond acceptors (Lipinski definition) is 8. The van der Waals surface area contributed by atoms with Crippen LogP contribution in [0.2, 0.25) is 0 Å². The summed E-state index contributed by atoms with van der Waals surface area (Å²) in [4.78, 5) is 37.4. The maximum atomic E-state index is 13.6. The number of ether oxygens (including phenoxy) is 3. The van der Waals surface area contributed by atoms with Crippen LogP contribution in [0.1, 0.15) is 28.9 Å². The molecule has 6 rings (SSSR count). The van der Waals surface area contributed by atoms with Crippen LogP contribution < -0.4 is 15.1 Å². The van der Waals surface area contributed by atoms with Gasteiger partial charge < -0.3 is 18.6 Å². The molecule has 1 aromatic heterocycles. The van der Waals surface area contributed by atoms with Gasteiger partial charge in [-0.2, -0.15) is 0 Å². The quantitative estimate of drug-likeness (QED) is 0.236. The van der Waals surface area contributed by atoms with Gasteiger partial charge in [0.15, 0.2) is 16.9 Å². The number of benzene rings is 3. The molecule has 0 unspecified atom stereocenters. The highest BCUT2D eigenvalue weighted by molar-refractivity contribution is 5.90. The number of esters is 1. The number of nitro benzene ring substituents is 1. The van der Waals surface area contributed by atoms with E-state index < -0.39 is 34.0 Å². The number of carbonyl (C=O) groups excluding carboxylic acids is 1. The number of carbonyl (C=O) groups is 1. The average Bonchev–Trinajstić information content (AvgIpc) is 2.92. The molecule has 36 heavy (non-hydrogen) atoms. The summed E-state index contributed by atoms with van der Waals surface area (Å²) in [5.74, 6) is -0.316. The molecular weight excluding hydrogens is 466 g/mol. The van der Waals surface area contributed by atoms with Crippen molar-refractivity contribution in [3.8, 4) is 11.5 Å². The van der Waals surface area contributed by atoms with Crippen LogP contribution >= 0.6 is 0 Å². The van der Waals surface area contributed by atoms with E-state index in [-0.39, 0.29) is 18.1 Å². The summed E-state index contributed by atoms with van der Waals surface area (Å²) in [5.41, 5.74) is -0.973. The molecule has 0 spiro atoms. The molecule has 9 heteroatoms. The monoisotopic (exact) mass is 485 g/mol. The zero-order valence-corrected chi connectivity index (χ0v) is 19.0. The Balaban J connectivity index is 1.69. The van der Waals surface area contributed by atoms with Crippen molar-refractivity contribution in [3.63, 3.8) is 0 Å². The van der Waals surface area contributed by atoms with Crippen molar-refractivity contribution in [2.45, 2.75) is 12.0 Å². The van der Waals surface area contributed by atoms with E-state index in [1.165, 1.54) is 19.2 Å². The predicted octanol–water partition coefficient (Wildman–Crippen LogP) is 4.52. The Bertz CT molecular complexity index is 1590. The second kappa shape index (κ2) is 7.94. The summed E-state index contributed by atoms with van der Waals surface area (Å²) in [6.45, 7) is -0.126. The minimum absolute atomic E-state index is 0.0969. The molecule has 0 amide bonds. The van der Waals surface area contributed by atoms with E-state index in [9.17, 15) is 19.7 Å². The van der Waals surface area contributed by atoms with Gasteiger partial charge in [-0.05, 0) is 29.8 Å². The van der Waals surface area contributed by atoms with Crippen LogP contribution in [0.15, 0.2) is 82.0 Å². The van der Waals surface area contributed by atoms with E-state index in [1.807, 2.05) is 18.2 Å². The van der Waals surface area contributed by atoms with Gasteiger partial charge in [0, 0.05) is 23.1 Å². The summed E-state index contributed by atoms with van der Waals surface area (Å²) in [7, 11) is 1.27. The summed E-state index contributed by atoms with van der Waals surface area (Å²) in [5, 5.41) is 12.1. The zero-order valence-electron chi connectivity index (χ0n) is 19.0. The lowest BCUT2D eigenvalue weighted by Gasteiger charge is -2.49.